The lowest BCUT2D eigenvalue weighted by atomic mass is 10.2. The van der Waals surface area contributed by atoms with Gasteiger partial charge >= 0.3 is 0 Å². The van der Waals surface area contributed by atoms with Crippen molar-refractivity contribution in [3.8, 4) is 0 Å². The standard InChI is InChI=1S/C13H21N5O2/c1-8-12(9(2)17(4)16-8)15-13(20)10(3)18-6-5-14-11(19)7-18/h10H,5-7H2,1-4H3,(H,14,19)(H,15,20)/t10-/m1/s1. The minimum atomic E-state index is -0.347. The maximum absolute atomic E-state index is 12.3. The minimum Gasteiger partial charge on any atom is -0.354 e. The molecule has 7 nitrogen and oxygen atoms in total. The Balaban J connectivity index is 2.05. The Hall–Kier alpha value is -1.89. The van der Waals surface area contributed by atoms with Crippen LogP contribution in [0.5, 0.6) is 0 Å². The highest BCUT2D eigenvalue weighted by molar-refractivity contribution is 5.96. The average molecular weight is 279 g/mol. The summed E-state index contributed by atoms with van der Waals surface area (Å²) in [6, 6.07) is -0.347. The van der Waals surface area contributed by atoms with Crippen LogP contribution < -0.4 is 10.6 Å². The summed E-state index contributed by atoms with van der Waals surface area (Å²) in [6.45, 7) is 7.12. The van der Waals surface area contributed by atoms with Gasteiger partial charge in [-0.3, -0.25) is 19.2 Å². The second-order valence-electron chi connectivity index (χ2n) is 5.16. The molecule has 2 N–H and O–H groups in total. The van der Waals surface area contributed by atoms with Crippen molar-refractivity contribution in [2.24, 2.45) is 7.05 Å². The number of nitrogens with one attached hydrogen (secondary N) is 2. The van der Waals surface area contributed by atoms with Gasteiger partial charge in [0.05, 0.1) is 29.7 Å². The minimum absolute atomic E-state index is 0.0374. The Labute approximate surface area is 118 Å². The van der Waals surface area contributed by atoms with Crippen molar-refractivity contribution in [1.82, 2.24) is 20.0 Å². The van der Waals surface area contributed by atoms with Crippen LogP contribution >= 0.6 is 0 Å². The number of carbonyl (C=O) groups excluding carboxylic acids is 2. The van der Waals surface area contributed by atoms with Crippen LogP contribution in [-0.4, -0.2) is 52.2 Å². The predicted octanol–water partition coefficient (Wildman–Crippen LogP) is -0.204. The van der Waals surface area contributed by atoms with E-state index in [9.17, 15) is 9.59 Å². The number of hydrogen-bond donors (Lipinski definition) is 2. The molecule has 2 amide bonds. The van der Waals surface area contributed by atoms with Gasteiger partial charge in [0.15, 0.2) is 0 Å². The molecule has 110 valence electrons. The molecule has 0 radical (unpaired) electrons. The van der Waals surface area contributed by atoms with E-state index in [4.69, 9.17) is 0 Å². The van der Waals surface area contributed by atoms with Gasteiger partial charge in [-0.25, -0.2) is 0 Å². The maximum atomic E-state index is 12.3. The van der Waals surface area contributed by atoms with Crippen molar-refractivity contribution >= 4 is 17.5 Å². The molecule has 2 rings (SSSR count). The highest BCUT2D eigenvalue weighted by Crippen LogP contribution is 2.19. The Bertz CT molecular complexity index is 537. The molecule has 7 heteroatoms. The first-order chi connectivity index (χ1) is 9.40. The normalized spacial score (nSPS) is 17.7. The topological polar surface area (TPSA) is 79.3 Å². The van der Waals surface area contributed by atoms with Gasteiger partial charge < -0.3 is 10.6 Å². The van der Waals surface area contributed by atoms with Gasteiger partial charge in [-0.1, -0.05) is 0 Å². The third-order valence-electron chi connectivity index (χ3n) is 3.75. The fraction of sp³-hybridized carbons (Fsp3) is 0.615. The van der Waals surface area contributed by atoms with Crippen LogP contribution in [0.25, 0.3) is 0 Å². The van der Waals surface area contributed by atoms with E-state index in [1.807, 2.05) is 32.7 Å². The van der Waals surface area contributed by atoms with Crippen LogP contribution in [0, 0.1) is 13.8 Å². The first-order valence-corrected chi connectivity index (χ1v) is 6.72. The number of hydrogen-bond acceptors (Lipinski definition) is 4. The summed E-state index contributed by atoms with van der Waals surface area (Å²) in [7, 11) is 1.84. The number of rotatable bonds is 3. The fourth-order valence-electron chi connectivity index (χ4n) is 2.34. The van der Waals surface area contributed by atoms with Gasteiger partial charge in [0, 0.05) is 20.1 Å². The molecule has 1 aliphatic heterocycles. The lowest BCUT2D eigenvalue weighted by Gasteiger charge is -2.31. The molecule has 0 saturated carbocycles. The van der Waals surface area contributed by atoms with Gasteiger partial charge in [-0.2, -0.15) is 5.10 Å². The van der Waals surface area contributed by atoms with Crippen molar-refractivity contribution in [3.05, 3.63) is 11.4 Å². The van der Waals surface area contributed by atoms with E-state index in [0.29, 0.717) is 13.1 Å². The summed E-state index contributed by atoms with van der Waals surface area (Å²) in [6.07, 6.45) is 0. The van der Waals surface area contributed by atoms with Crippen LogP contribution in [0.1, 0.15) is 18.3 Å². The zero-order valence-electron chi connectivity index (χ0n) is 12.4. The average Bonchev–Trinajstić information content (AvgIpc) is 2.64. The fourth-order valence-corrected chi connectivity index (χ4v) is 2.34. The van der Waals surface area contributed by atoms with Crippen molar-refractivity contribution in [2.45, 2.75) is 26.8 Å². The quantitative estimate of drug-likeness (QED) is 0.803. The van der Waals surface area contributed by atoms with E-state index in [0.717, 1.165) is 17.1 Å². The predicted molar refractivity (Wildman–Crippen MR) is 75.4 cm³/mol. The van der Waals surface area contributed by atoms with Crippen molar-refractivity contribution in [3.63, 3.8) is 0 Å². The lowest BCUT2D eigenvalue weighted by Crippen LogP contribution is -2.53. The summed E-state index contributed by atoms with van der Waals surface area (Å²) in [4.78, 5) is 25.6. The maximum Gasteiger partial charge on any atom is 0.241 e. The molecule has 20 heavy (non-hydrogen) atoms. The van der Waals surface area contributed by atoms with Gasteiger partial charge in [-0.05, 0) is 20.8 Å². The Kier molecular flexibility index (Phi) is 4.08. The highest BCUT2D eigenvalue weighted by atomic mass is 16.2. The SMILES string of the molecule is Cc1nn(C)c(C)c1NC(=O)[C@@H](C)N1CCNC(=O)C1. The zero-order chi connectivity index (χ0) is 14.9. The monoisotopic (exact) mass is 279 g/mol. The van der Waals surface area contributed by atoms with Crippen LogP contribution in [0.3, 0.4) is 0 Å². The molecule has 1 saturated heterocycles. The summed E-state index contributed by atoms with van der Waals surface area (Å²) in [5.41, 5.74) is 2.46. The van der Waals surface area contributed by atoms with E-state index in [-0.39, 0.29) is 24.4 Å². The largest absolute Gasteiger partial charge is 0.354 e. The van der Waals surface area contributed by atoms with Crippen LogP contribution in [-0.2, 0) is 16.6 Å². The molecule has 0 aromatic carbocycles. The number of piperazine rings is 1. The summed E-state index contributed by atoms with van der Waals surface area (Å²) < 4.78 is 1.74. The van der Waals surface area contributed by atoms with Gasteiger partial charge in [0.25, 0.3) is 0 Å². The number of nitrogens with zero attached hydrogens (tertiary/aromatic N) is 3. The molecule has 1 aliphatic rings. The van der Waals surface area contributed by atoms with E-state index in [1.54, 1.807) is 4.68 Å². The van der Waals surface area contributed by atoms with E-state index < -0.39 is 0 Å². The number of aryl methyl sites for hydroxylation is 2. The smallest absolute Gasteiger partial charge is 0.241 e. The van der Waals surface area contributed by atoms with Gasteiger partial charge in [-0.15, -0.1) is 0 Å². The molecular formula is C13H21N5O2. The summed E-state index contributed by atoms with van der Waals surface area (Å²) >= 11 is 0. The molecule has 0 bridgehead atoms. The highest BCUT2D eigenvalue weighted by Gasteiger charge is 2.26. The first kappa shape index (κ1) is 14.5. The number of amides is 2. The summed E-state index contributed by atoms with van der Waals surface area (Å²) in [5, 5.41) is 9.94. The molecular weight excluding hydrogens is 258 g/mol. The zero-order valence-corrected chi connectivity index (χ0v) is 12.4. The first-order valence-electron chi connectivity index (χ1n) is 6.72. The third kappa shape index (κ3) is 2.82. The molecule has 0 spiro atoms. The Morgan fingerprint density at radius 3 is 2.70 bits per heavy atom. The van der Waals surface area contributed by atoms with Crippen LogP contribution in [0.2, 0.25) is 0 Å². The molecule has 1 atom stereocenters. The second-order valence-corrected chi connectivity index (χ2v) is 5.16. The number of aromatic nitrogens is 2. The lowest BCUT2D eigenvalue weighted by molar-refractivity contribution is -0.127. The van der Waals surface area contributed by atoms with Crippen LogP contribution in [0.15, 0.2) is 0 Å². The summed E-state index contributed by atoms with van der Waals surface area (Å²) in [5.74, 6) is -0.150. The van der Waals surface area contributed by atoms with Crippen molar-refractivity contribution in [1.29, 1.82) is 0 Å². The molecule has 1 aromatic heterocycles. The van der Waals surface area contributed by atoms with E-state index in [1.165, 1.54) is 0 Å². The van der Waals surface area contributed by atoms with Crippen molar-refractivity contribution in [2.75, 3.05) is 25.0 Å². The number of carbonyl (C=O) groups is 2. The van der Waals surface area contributed by atoms with Gasteiger partial charge in [0.2, 0.25) is 11.8 Å². The third-order valence-corrected chi connectivity index (χ3v) is 3.75. The number of anilines is 1. The van der Waals surface area contributed by atoms with Gasteiger partial charge in [0.1, 0.15) is 0 Å². The van der Waals surface area contributed by atoms with Crippen LogP contribution in [0.4, 0.5) is 5.69 Å². The second kappa shape index (κ2) is 5.62. The van der Waals surface area contributed by atoms with E-state index >= 15 is 0 Å². The molecule has 1 aromatic rings. The Morgan fingerprint density at radius 1 is 1.45 bits per heavy atom. The molecule has 0 aliphatic carbocycles. The van der Waals surface area contributed by atoms with E-state index in [2.05, 4.69) is 15.7 Å². The molecule has 1 fully saturated rings. The molecule has 2 heterocycles. The van der Waals surface area contributed by atoms with Crippen molar-refractivity contribution < 1.29 is 9.59 Å². The Morgan fingerprint density at radius 2 is 2.15 bits per heavy atom. The molecule has 0 unspecified atom stereocenters.